The first-order valence-electron chi connectivity index (χ1n) is 5.59. The van der Waals surface area contributed by atoms with Gasteiger partial charge in [0.2, 0.25) is 0 Å². The molecule has 2 aromatic rings. The van der Waals surface area contributed by atoms with Gasteiger partial charge in [0.05, 0.1) is 13.3 Å². The van der Waals surface area contributed by atoms with Gasteiger partial charge in [0.1, 0.15) is 16.2 Å². The first-order chi connectivity index (χ1) is 8.24. The Balaban J connectivity index is 2.28. The highest BCUT2D eigenvalue weighted by atomic mass is 79.9. The summed E-state index contributed by atoms with van der Waals surface area (Å²) in [5, 5.41) is 0. The van der Waals surface area contributed by atoms with Crippen LogP contribution in [0.1, 0.15) is 30.7 Å². The Morgan fingerprint density at radius 1 is 1.35 bits per heavy atom. The van der Waals surface area contributed by atoms with Gasteiger partial charge in [-0.15, -0.1) is 0 Å². The lowest BCUT2D eigenvalue weighted by Crippen LogP contribution is -2.01. The summed E-state index contributed by atoms with van der Waals surface area (Å²) in [4.78, 5) is 7.60. The molecule has 0 bridgehead atoms. The van der Waals surface area contributed by atoms with Crippen molar-refractivity contribution in [1.82, 2.24) is 9.97 Å². The van der Waals surface area contributed by atoms with Crippen LogP contribution in [0.3, 0.4) is 0 Å². The Morgan fingerprint density at radius 2 is 2.06 bits per heavy atom. The number of hydrogen-bond donors (Lipinski definition) is 1. The summed E-state index contributed by atoms with van der Waals surface area (Å²) in [5.41, 5.74) is 1.25. The molecule has 17 heavy (non-hydrogen) atoms. The van der Waals surface area contributed by atoms with E-state index in [0.717, 1.165) is 22.6 Å². The summed E-state index contributed by atoms with van der Waals surface area (Å²) >= 11 is 3.39. The van der Waals surface area contributed by atoms with E-state index in [-0.39, 0.29) is 0 Å². The van der Waals surface area contributed by atoms with Crippen molar-refractivity contribution < 1.29 is 4.74 Å². The van der Waals surface area contributed by atoms with Gasteiger partial charge in [0, 0.05) is 5.92 Å². The molecular weight excluding hydrogens is 280 g/mol. The molecule has 0 saturated carbocycles. The zero-order chi connectivity index (χ0) is 12.3. The standard InChI is InChI=1S/C13H15BrN2O/c1-3-11(13-15-8-12(14)16-13)9-4-6-10(17-2)7-5-9/h4-8,11H,3H2,1-2H3,(H,15,16). The van der Waals surface area contributed by atoms with E-state index in [1.807, 2.05) is 12.1 Å². The molecule has 3 nitrogen and oxygen atoms in total. The average Bonchev–Trinajstić information content (AvgIpc) is 2.78. The van der Waals surface area contributed by atoms with E-state index >= 15 is 0 Å². The highest BCUT2D eigenvalue weighted by molar-refractivity contribution is 9.10. The summed E-state index contributed by atoms with van der Waals surface area (Å²) in [7, 11) is 1.68. The Morgan fingerprint density at radius 3 is 2.53 bits per heavy atom. The minimum Gasteiger partial charge on any atom is -0.497 e. The van der Waals surface area contributed by atoms with Gasteiger partial charge in [-0.05, 0) is 40.0 Å². The zero-order valence-electron chi connectivity index (χ0n) is 9.90. The van der Waals surface area contributed by atoms with Gasteiger partial charge in [0.15, 0.2) is 0 Å². The molecule has 90 valence electrons. The van der Waals surface area contributed by atoms with Crippen molar-refractivity contribution in [2.75, 3.05) is 7.11 Å². The maximum absolute atomic E-state index is 5.16. The first-order valence-corrected chi connectivity index (χ1v) is 6.38. The number of H-pyrrole nitrogens is 1. The highest BCUT2D eigenvalue weighted by Gasteiger charge is 2.15. The van der Waals surface area contributed by atoms with E-state index in [1.54, 1.807) is 13.3 Å². The molecule has 0 aliphatic heterocycles. The number of ether oxygens (including phenoxy) is 1. The van der Waals surface area contributed by atoms with E-state index in [2.05, 4.69) is 45.0 Å². The van der Waals surface area contributed by atoms with Crippen LogP contribution in [0.5, 0.6) is 5.75 Å². The van der Waals surface area contributed by atoms with Crippen LogP contribution in [0.15, 0.2) is 35.1 Å². The van der Waals surface area contributed by atoms with Crippen molar-refractivity contribution in [2.45, 2.75) is 19.3 Å². The third-order valence-electron chi connectivity index (χ3n) is 2.82. The normalized spacial score (nSPS) is 12.4. The van der Waals surface area contributed by atoms with Crippen LogP contribution in [0, 0.1) is 0 Å². The fraction of sp³-hybridized carbons (Fsp3) is 0.308. The largest absolute Gasteiger partial charge is 0.497 e. The van der Waals surface area contributed by atoms with Gasteiger partial charge >= 0.3 is 0 Å². The minimum absolute atomic E-state index is 0.298. The average molecular weight is 295 g/mol. The van der Waals surface area contributed by atoms with Crippen LogP contribution in [0.2, 0.25) is 0 Å². The molecule has 0 fully saturated rings. The Bertz CT molecular complexity index is 478. The van der Waals surface area contributed by atoms with Crippen molar-refractivity contribution in [3.8, 4) is 5.75 Å². The molecule has 0 aliphatic carbocycles. The molecule has 1 heterocycles. The molecule has 1 unspecified atom stereocenters. The smallest absolute Gasteiger partial charge is 0.118 e. The summed E-state index contributed by atoms with van der Waals surface area (Å²) in [6.07, 6.45) is 2.80. The number of nitrogens with zero attached hydrogens (tertiary/aromatic N) is 1. The van der Waals surface area contributed by atoms with E-state index in [4.69, 9.17) is 4.74 Å². The molecule has 0 aliphatic rings. The highest BCUT2D eigenvalue weighted by Crippen LogP contribution is 2.27. The second kappa shape index (κ2) is 5.36. The number of imidazole rings is 1. The third kappa shape index (κ3) is 2.69. The Hall–Kier alpha value is -1.29. The zero-order valence-corrected chi connectivity index (χ0v) is 11.5. The van der Waals surface area contributed by atoms with E-state index < -0.39 is 0 Å². The second-order valence-corrected chi connectivity index (χ2v) is 4.70. The predicted octanol–water partition coefficient (Wildman–Crippen LogP) is 3.72. The summed E-state index contributed by atoms with van der Waals surface area (Å²) in [5.74, 6) is 2.17. The van der Waals surface area contributed by atoms with Gasteiger partial charge < -0.3 is 9.72 Å². The summed E-state index contributed by atoms with van der Waals surface area (Å²) < 4.78 is 6.08. The van der Waals surface area contributed by atoms with Crippen molar-refractivity contribution in [3.63, 3.8) is 0 Å². The molecular formula is C13H15BrN2O. The number of nitrogens with one attached hydrogen (secondary N) is 1. The Kier molecular flexibility index (Phi) is 3.84. The SMILES string of the molecule is CCC(c1ccc(OC)cc1)c1ncc(Br)[nH]1. The molecule has 4 heteroatoms. The minimum atomic E-state index is 0.298. The quantitative estimate of drug-likeness (QED) is 0.933. The van der Waals surface area contributed by atoms with Crippen LogP contribution in [0.4, 0.5) is 0 Å². The number of methoxy groups -OCH3 is 1. The molecule has 1 aromatic carbocycles. The van der Waals surface area contributed by atoms with Gasteiger partial charge in [-0.25, -0.2) is 4.98 Å². The molecule has 0 amide bonds. The van der Waals surface area contributed by atoms with Crippen molar-refractivity contribution in [2.24, 2.45) is 0 Å². The first kappa shape index (κ1) is 12.2. The Labute approximate surface area is 109 Å². The molecule has 0 spiro atoms. The maximum atomic E-state index is 5.16. The lowest BCUT2D eigenvalue weighted by Gasteiger charge is -2.13. The van der Waals surface area contributed by atoms with E-state index in [0.29, 0.717) is 5.92 Å². The topological polar surface area (TPSA) is 37.9 Å². The van der Waals surface area contributed by atoms with Crippen LogP contribution >= 0.6 is 15.9 Å². The summed E-state index contributed by atoms with van der Waals surface area (Å²) in [6, 6.07) is 8.14. The molecule has 1 N–H and O–H groups in total. The number of aromatic amines is 1. The van der Waals surface area contributed by atoms with E-state index in [9.17, 15) is 0 Å². The van der Waals surface area contributed by atoms with Crippen molar-refractivity contribution >= 4 is 15.9 Å². The monoisotopic (exact) mass is 294 g/mol. The fourth-order valence-electron chi connectivity index (χ4n) is 1.91. The van der Waals surface area contributed by atoms with Gasteiger partial charge in [-0.1, -0.05) is 19.1 Å². The van der Waals surface area contributed by atoms with Crippen molar-refractivity contribution in [1.29, 1.82) is 0 Å². The lowest BCUT2D eigenvalue weighted by molar-refractivity contribution is 0.414. The maximum Gasteiger partial charge on any atom is 0.118 e. The van der Waals surface area contributed by atoms with Crippen LogP contribution < -0.4 is 4.74 Å². The van der Waals surface area contributed by atoms with Crippen LogP contribution in [-0.2, 0) is 0 Å². The summed E-state index contributed by atoms with van der Waals surface area (Å²) in [6.45, 7) is 2.16. The number of benzene rings is 1. The fourth-order valence-corrected chi connectivity index (χ4v) is 2.22. The second-order valence-electron chi connectivity index (χ2n) is 3.85. The number of halogens is 1. The number of hydrogen-bond acceptors (Lipinski definition) is 2. The van der Waals surface area contributed by atoms with Crippen molar-refractivity contribution in [3.05, 3.63) is 46.5 Å². The van der Waals surface area contributed by atoms with Crippen LogP contribution in [0.25, 0.3) is 0 Å². The molecule has 0 saturated heterocycles. The molecule has 0 radical (unpaired) electrons. The lowest BCUT2D eigenvalue weighted by atomic mass is 9.96. The van der Waals surface area contributed by atoms with Crippen LogP contribution in [-0.4, -0.2) is 17.1 Å². The van der Waals surface area contributed by atoms with E-state index in [1.165, 1.54) is 5.56 Å². The van der Waals surface area contributed by atoms with Gasteiger partial charge in [-0.2, -0.15) is 0 Å². The number of aromatic nitrogens is 2. The van der Waals surface area contributed by atoms with Gasteiger partial charge in [-0.3, -0.25) is 0 Å². The number of rotatable bonds is 4. The molecule has 2 rings (SSSR count). The predicted molar refractivity (Wildman–Crippen MR) is 71.4 cm³/mol. The third-order valence-corrected chi connectivity index (χ3v) is 3.22. The van der Waals surface area contributed by atoms with Gasteiger partial charge in [0.25, 0.3) is 0 Å². The molecule has 1 aromatic heterocycles. The molecule has 1 atom stereocenters.